The van der Waals surface area contributed by atoms with Crippen LogP contribution in [0.4, 0.5) is 0 Å². The number of aromatic nitrogens is 6. The van der Waals surface area contributed by atoms with Crippen LogP contribution in [0.2, 0.25) is 0 Å². The van der Waals surface area contributed by atoms with Crippen LogP contribution in [0.3, 0.4) is 0 Å². The number of nitrogens with zero attached hydrogens (tertiary/aromatic N) is 9. The summed E-state index contributed by atoms with van der Waals surface area (Å²) in [6.07, 6.45) is 46.2. The molecule has 0 spiro atoms. The van der Waals surface area contributed by atoms with Gasteiger partial charge >= 0.3 is 17.9 Å². The first-order chi connectivity index (χ1) is 58.1. The van der Waals surface area contributed by atoms with Gasteiger partial charge in [0.25, 0.3) is 0 Å². The summed E-state index contributed by atoms with van der Waals surface area (Å²) < 4.78 is 20.1. The highest BCUT2D eigenvalue weighted by Crippen LogP contribution is 2.52. The van der Waals surface area contributed by atoms with E-state index in [1.54, 1.807) is 0 Å². The van der Waals surface area contributed by atoms with Gasteiger partial charge in [0.1, 0.15) is 0 Å². The number of esters is 1. The number of para-hydroxylation sites is 3. The van der Waals surface area contributed by atoms with Gasteiger partial charge in [-0.2, -0.15) is 0 Å². The summed E-state index contributed by atoms with van der Waals surface area (Å²) in [5.41, 5.74) is 25.4. The van der Waals surface area contributed by atoms with Crippen molar-refractivity contribution in [2.24, 2.45) is 0 Å². The van der Waals surface area contributed by atoms with Gasteiger partial charge in [-0.1, -0.05) is 162 Å². The molecule has 2 N–H and O–H groups in total. The second kappa shape index (κ2) is 35.0. The molecule has 0 amide bonds. The van der Waals surface area contributed by atoms with Crippen molar-refractivity contribution < 1.29 is 29.3 Å². The van der Waals surface area contributed by atoms with E-state index >= 15 is 0 Å². The second-order valence-corrected chi connectivity index (χ2v) is 36.3. The number of piperidine rings is 3. The fraction of sp³-hybridized carbons (Fsp3) is 0.485. The summed E-state index contributed by atoms with van der Waals surface area (Å²) in [6.45, 7) is 16.4. The fourth-order valence-electron chi connectivity index (χ4n) is 23.4. The number of carboxylic acid groups (broad SMARTS) is 2. The normalized spacial score (nSPS) is 18.6. The van der Waals surface area contributed by atoms with E-state index in [0.29, 0.717) is 34.4 Å². The van der Waals surface area contributed by atoms with Crippen molar-refractivity contribution in [2.75, 3.05) is 66.0 Å². The van der Waals surface area contributed by atoms with Crippen LogP contribution < -0.4 is 0 Å². The predicted molar refractivity (Wildman–Crippen MR) is 480 cm³/mol. The molecule has 118 heavy (non-hydrogen) atoms. The second-order valence-electron chi connectivity index (χ2n) is 36.3. The lowest BCUT2D eigenvalue weighted by Crippen LogP contribution is -2.30. The third kappa shape index (κ3) is 15.4. The number of benzene rings is 6. The lowest BCUT2D eigenvalue weighted by molar-refractivity contribution is 0.0599. The van der Waals surface area contributed by atoms with Gasteiger partial charge in [0.15, 0.2) is 0 Å². The van der Waals surface area contributed by atoms with Crippen LogP contribution in [-0.2, 0) is 56.8 Å². The third-order valence-electron chi connectivity index (χ3n) is 28.9. The van der Waals surface area contributed by atoms with Gasteiger partial charge in [-0.15, -0.1) is 0 Å². The maximum Gasteiger partial charge on any atom is 0.337 e. The number of carboxylic acids is 2. The maximum absolute atomic E-state index is 12.5. The average Bonchev–Trinajstić information content (AvgIpc) is 1.58. The molecule has 0 unspecified atom stereocenters. The topological polar surface area (TPSA) is 140 Å². The number of methoxy groups -OCH3 is 1. The zero-order valence-corrected chi connectivity index (χ0v) is 69.9. The van der Waals surface area contributed by atoms with Gasteiger partial charge in [-0.3, -0.25) is 4.90 Å². The molecular weight excluding hydrogens is 1460 g/mol. The standard InChI is InChI=1S/C35H39N3O2.2C34H41N3O2/c1-40-35(39)26-16-17-29-31(23-26)38-22-10-21-37-24-27(13-9-20-36-18-6-3-7-19-36)28-14-8-15-30(33(28)37)34(38)32(29)25-11-4-2-5-12-25;2*38-34(39)25-15-16-28-30(22-25)37-21-9-20-36-23-26(12-8-19-35-17-5-2-6-18-35)27-13-7-14-29(32(27)36)33(37)31(28)24-10-3-1-4-11-24/h8,14-17,23-25H,2-7,10-12,18-22H2,1H3;2*7,13-16,22-24H,1-6,8-12,17-21H2,(H,38,39). The number of rotatable bonds is 15. The molecule has 6 aromatic heterocycles. The van der Waals surface area contributed by atoms with Crippen LogP contribution >= 0.6 is 0 Å². The van der Waals surface area contributed by atoms with E-state index in [-0.39, 0.29) is 5.97 Å². The van der Waals surface area contributed by atoms with E-state index in [2.05, 4.69) is 151 Å². The Labute approximate surface area is 696 Å². The minimum atomic E-state index is -0.845. The highest BCUT2D eigenvalue weighted by molar-refractivity contribution is 6.07. The Balaban J connectivity index is 0.000000118. The van der Waals surface area contributed by atoms with Gasteiger partial charge in [0.2, 0.25) is 0 Å². The number of fused-ring (bicyclic) bond motifs is 12. The number of carbonyl (C=O) groups is 3. The molecule has 15 heteroatoms. The number of carbonyl (C=O) groups excluding carboxylic acids is 1. The van der Waals surface area contributed by atoms with Crippen molar-refractivity contribution in [1.82, 2.24) is 42.1 Å². The maximum atomic E-state index is 12.5. The molecule has 3 saturated heterocycles. The van der Waals surface area contributed by atoms with Crippen LogP contribution in [0.1, 0.15) is 268 Å². The van der Waals surface area contributed by atoms with Crippen LogP contribution in [0.5, 0.6) is 0 Å². The molecule has 6 fully saturated rings. The minimum Gasteiger partial charge on any atom is -0.478 e. The molecule has 3 aliphatic carbocycles. The Kier molecular flexibility index (Phi) is 23.2. The van der Waals surface area contributed by atoms with E-state index in [1.807, 2.05) is 30.3 Å². The highest BCUT2D eigenvalue weighted by Gasteiger charge is 2.35. The summed E-state index contributed by atoms with van der Waals surface area (Å²) >= 11 is 0. The van der Waals surface area contributed by atoms with E-state index in [9.17, 15) is 24.6 Å². The summed E-state index contributed by atoms with van der Waals surface area (Å²) in [7, 11) is 1.46. The molecule has 0 radical (unpaired) electrons. The predicted octanol–water partition coefficient (Wildman–Crippen LogP) is 23.0. The van der Waals surface area contributed by atoms with Crippen molar-refractivity contribution in [3.63, 3.8) is 0 Å². The first kappa shape index (κ1) is 78.3. The van der Waals surface area contributed by atoms with Gasteiger partial charge in [-0.05, 0) is 256 Å². The Morgan fingerprint density at radius 2 is 0.729 bits per heavy atom. The zero-order valence-electron chi connectivity index (χ0n) is 69.9. The quantitative estimate of drug-likeness (QED) is 0.0758. The van der Waals surface area contributed by atoms with E-state index in [4.69, 9.17) is 4.74 Å². The number of aryl methyl sites for hydroxylation is 8. The Morgan fingerprint density at radius 3 is 1.13 bits per heavy atom. The van der Waals surface area contributed by atoms with E-state index < -0.39 is 11.9 Å². The summed E-state index contributed by atoms with van der Waals surface area (Å²) in [5.74, 6) is 6.73. The molecule has 12 aromatic rings. The van der Waals surface area contributed by atoms with Gasteiger partial charge in [0.05, 0.1) is 69.5 Å². The monoisotopic (exact) mass is 1580 g/mol. The van der Waals surface area contributed by atoms with E-state index in [1.165, 1.54) is 337 Å². The molecule has 9 aliphatic rings. The van der Waals surface area contributed by atoms with Crippen molar-refractivity contribution in [1.29, 1.82) is 0 Å². The van der Waals surface area contributed by atoms with E-state index in [0.717, 1.165) is 100 Å². The summed E-state index contributed by atoms with van der Waals surface area (Å²) in [6, 6.07) is 38.5. The molecular formula is C103H121N9O6. The van der Waals surface area contributed by atoms with Gasteiger partial charge in [-0.25, -0.2) is 14.4 Å². The third-order valence-corrected chi connectivity index (χ3v) is 28.9. The van der Waals surface area contributed by atoms with Crippen molar-refractivity contribution >= 4 is 83.3 Å². The Hall–Kier alpha value is -9.59. The molecule has 21 rings (SSSR count). The van der Waals surface area contributed by atoms with Crippen molar-refractivity contribution in [3.05, 3.63) is 178 Å². The lowest BCUT2D eigenvalue weighted by atomic mass is 9.81. The minimum absolute atomic E-state index is 0.272. The fourth-order valence-corrected chi connectivity index (χ4v) is 23.4. The largest absolute Gasteiger partial charge is 0.478 e. The first-order valence-electron chi connectivity index (χ1n) is 46.1. The average molecular weight is 1580 g/mol. The summed E-state index contributed by atoms with van der Waals surface area (Å²) in [5, 5.41) is 27.5. The summed E-state index contributed by atoms with van der Waals surface area (Å²) in [4.78, 5) is 44.2. The highest BCUT2D eigenvalue weighted by atomic mass is 16.5. The Morgan fingerprint density at radius 1 is 0.373 bits per heavy atom. The number of hydrogen-bond acceptors (Lipinski definition) is 7. The number of ether oxygens (including phenoxy) is 1. The Bertz CT molecular complexity index is 5550. The lowest BCUT2D eigenvalue weighted by Gasteiger charge is -2.26. The van der Waals surface area contributed by atoms with Gasteiger partial charge < -0.3 is 52.2 Å². The molecule has 12 heterocycles. The number of hydrogen-bond donors (Lipinski definition) is 2. The molecule has 6 aromatic carbocycles. The zero-order chi connectivity index (χ0) is 79.7. The van der Waals surface area contributed by atoms with Crippen molar-refractivity contribution in [3.8, 4) is 45.6 Å². The molecule has 3 saturated carbocycles. The molecule has 6 aliphatic heterocycles. The van der Waals surface area contributed by atoms with Crippen LogP contribution in [-0.4, -0.2) is 136 Å². The number of likely N-dealkylation sites (tertiary alicyclic amines) is 3. The van der Waals surface area contributed by atoms with Crippen LogP contribution in [0, 0.1) is 11.8 Å². The SMILES string of the molecule is COC(=O)c1ccc2c(C3CCCCC3)c3n(c2c1)CCCn1cc(C#CCN2CCCCC2)c2cccc-3c21.O=C(O)c1ccc2c(C3CCCCC3)c3n(c2c1)CCCn1cc(CCCN2CCCCC2)c2cccc-3c21.O=C(O)c1ccc2c(C3CCCCC3)c3n(c2c1)CCCn1cc(CCCN2CCCCC2)c2cccc-3c21. The molecule has 15 nitrogen and oxygen atoms in total. The first-order valence-corrected chi connectivity index (χ1v) is 46.1. The smallest absolute Gasteiger partial charge is 0.337 e. The number of aromatic carboxylic acids is 2. The van der Waals surface area contributed by atoms with Crippen LogP contribution in [0.25, 0.3) is 99.2 Å². The van der Waals surface area contributed by atoms with Crippen molar-refractivity contribution in [2.45, 2.75) is 256 Å². The van der Waals surface area contributed by atoms with Gasteiger partial charge in [0, 0.05) is 123 Å². The molecule has 0 atom stereocenters. The molecule has 0 bridgehead atoms. The van der Waals surface area contributed by atoms with Crippen LogP contribution in [0.15, 0.2) is 128 Å². The molecule has 614 valence electrons.